The number of nitro groups is 1. The molecule has 18 heavy (non-hydrogen) atoms. The predicted molar refractivity (Wildman–Crippen MR) is 60.7 cm³/mol. The van der Waals surface area contributed by atoms with Crippen LogP contribution in [-0.4, -0.2) is 35.4 Å². The Morgan fingerprint density at radius 1 is 1.39 bits per heavy atom. The first-order valence-electron chi connectivity index (χ1n) is 4.80. The Morgan fingerprint density at radius 3 is 2.22 bits per heavy atom. The molecule has 0 aliphatic carbocycles. The van der Waals surface area contributed by atoms with Gasteiger partial charge in [0.2, 0.25) is 0 Å². The molecule has 1 rings (SSSR count). The standard InChI is InChI=1S/C9H10N2O6S/c1-2-10(9(12)13)18(16,17)8-5-3-7(4-6-8)11(14)15/h3-6H,2H2,1H3,(H,12,13). The summed E-state index contributed by atoms with van der Waals surface area (Å²) in [5.74, 6) is 0. The van der Waals surface area contributed by atoms with Crippen LogP contribution in [0, 0.1) is 10.1 Å². The quantitative estimate of drug-likeness (QED) is 0.652. The van der Waals surface area contributed by atoms with E-state index in [2.05, 4.69) is 0 Å². The topological polar surface area (TPSA) is 118 Å². The van der Waals surface area contributed by atoms with E-state index in [-0.39, 0.29) is 21.4 Å². The highest BCUT2D eigenvalue weighted by Crippen LogP contribution is 2.19. The van der Waals surface area contributed by atoms with E-state index >= 15 is 0 Å². The number of hydrogen-bond donors (Lipinski definition) is 1. The zero-order valence-corrected chi connectivity index (χ0v) is 10.1. The van der Waals surface area contributed by atoms with Crippen molar-refractivity contribution in [2.75, 3.05) is 6.54 Å². The minimum absolute atomic E-state index is 0.241. The van der Waals surface area contributed by atoms with Gasteiger partial charge in [-0.1, -0.05) is 0 Å². The van der Waals surface area contributed by atoms with Crippen molar-refractivity contribution in [3.05, 3.63) is 34.4 Å². The molecule has 0 bridgehead atoms. The molecule has 8 nitrogen and oxygen atoms in total. The zero-order valence-electron chi connectivity index (χ0n) is 9.31. The maximum atomic E-state index is 11.9. The number of nitrogens with zero attached hydrogens (tertiary/aromatic N) is 2. The predicted octanol–water partition coefficient (Wildman–Crippen LogP) is 1.28. The van der Waals surface area contributed by atoms with Gasteiger partial charge in [0, 0.05) is 18.7 Å². The van der Waals surface area contributed by atoms with Crippen LogP contribution in [0.15, 0.2) is 29.2 Å². The first kappa shape index (κ1) is 13.9. The van der Waals surface area contributed by atoms with Crippen LogP contribution in [0.5, 0.6) is 0 Å². The van der Waals surface area contributed by atoms with Crippen molar-refractivity contribution in [2.24, 2.45) is 0 Å². The van der Waals surface area contributed by atoms with Gasteiger partial charge in [0.1, 0.15) is 0 Å². The fourth-order valence-electron chi connectivity index (χ4n) is 1.28. The molecule has 0 heterocycles. The highest BCUT2D eigenvalue weighted by Gasteiger charge is 2.27. The molecule has 0 aliphatic rings. The lowest BCUT2D eigenvalue weighted by Gasteiger charge is -2.16. The summed E-state index contributed by atoms with van der Waals surface area (Å²) in [6, 6.07) is 4.00. The molecule has 0 unspecified atom stereocenters. The third kappa shape index (κ3) is 2.56. The molecule has 0 atom stereocenters. The van der Waals surface area contributed by atoms with Crippen LogP contribution in [0.25, 0.3) is 0 Å². The second-order valence-corrected chi connectivity index (χ2v) is 5.07. The molecule has 0 radical (unpaired) electrons. The summed E-state index contributed by atoms with van der Waals surface area (Å²) in [5.41, 5.74) is -0.271. The summed E-state index contributed by atoms with van der Waals surface area (Å²) in [5, 5.41) is 19.2. The van der Waals surface area contributed by atoms with Crippen molar-refractivity contribution >= 4 is 21.8 Å². The Hall–Kier alpha value is -2.16. The van der Waals surface area contributed by atoms with Crippen molar-refractivity contribution in [3.8, 4) is 0 Å². The summed E-state index contributed by atoms with van der Waals surface area (Å²) in [7, 11) is -4.18. The van der Waals surface area contributed by atoms with E-state index in [1.165, 1.54) is 6.92 Å². The highest BCUT2D eigenvalue weighted by atomic mass is 32.2. The number of sulfonamides is 1. The first-order chi connectivity index (χ1) is 8.30. The third-order valence-electron chi connectivity index (χ3n) is 2.14. The summed E-state index contributed by atoms with van der Waals surface area (Å²) >= 11 is 0. The van der Waals surface area contributed by atoms with Gasteiger partial charge in [-0.15, -0.1) is 0 Å². The van der Waals surface area contributed by atoms with Gasteiger partial charge >= 0.3 is 6.09 Å². The van der Waals surface area contributed by atoms with Gasteiger partial charge in [-0.3, -0.25) is 10.1 Å². The van der Waals surface area contributed by atoms with Crippen LogP contribution in [0.2, 0.25) is 0 Å². The lowest BCUT2D eigenvalue weighted by molar-refractivity contribution is -0.384. The number of amides is 1. The van der Waals surface area contributed by atoms with Crippen LogP contribution >= 0.6 is 0 Å². The van der Waals surface area contributed by atoms with Crippen LogP contribution in [0.4, 0.5) is 10.5 Å². The van der Waals surface area contributed by atoms with Gasteiger partial charge in [-0.2, -0.15) is 0 Å². The number of non-ortho nitro benzene ring substituents is 1. The maximum Gasteiger partial charge on any atom is 0.421 e. The van der Waals surface area contributed by atoms with Gasteiger partial charge in [-0.05, 0) is 19.1 Å². The first-order valence-corrected chi connectivity index (χ1v) is 6.24. The Balaban J connectivity index is 3.20. The SMILES string of the molecule is CCN(C(=O)O)S(=O)(=O)c1ccc([N+](=O)[O-])cc1. The molecule has 0 fully saturated rings. The lowest BCUT2D eigenvalue weighted by atomic mass is 10.3. The van der Waals surface area contributed by atoms with Gasteiger partial charge in [-0.25, -0.2) is 17.5 Å². The highest BCUT2D eigenvalue weighted by molar-refractivity contribution is 7.89. The molecule has 1 N–H and O–H groups in total. The second kappa shape index (κ2) is 5.00. The molecule has 0 aliphatic heterocycles. The largest absolute Gasteiger partial charge is 0.464 e. The molecule has 1 amide bonds. The normalized spacial score (nSPS) is 10.9. The number of nitro benzene ring substituents is 1. The number of carboxylic acid groups (broad SMARTS) is 1. The van der Waals surface area contributed by atoms with Crippen molar-refractivity contribution in [1.29, 1.82) is 0 Å². The van der Waals surface area contributed by atoms with E-state index in [0.29, 0.717) is 0 Å². The molecule has 1 aromatic rings. The summed E-state index contributed by atoms with van der Waals surface area (Å²) in [6.07, 6.45) is -1.60. The fraction of sp³-hybridized carbons (Fsp3) is 0.222. The molecule has 98 valence electrons. The third-order valence-corrected chi connectivity index (χ3v) is 4.00. The Bertz CT molecular complexity index is 565. The number of hydrogen-bond acceptors (Lipinski definition) is 5. The van der Waals surface area contributed by atoms with E-state index in [1.807, 2.05) is 0 Å². The molecule has 0 saturated carbocycles. The number of carbonyl (C=O) groups is 1. The Kier molecular flexibility index (Phi) is 3.86. The Morgan fingerprint density at radius 2 is 1.89 bits per heavy atom. The van der Waals surface area contributed by atoms with E-state index in [1.54, 1.807) is 0 Å². The van der Waals surface area contributed by atoms with Crippen LogP contribution in [0.3, 0.4) is 0 Å². The number of rotatable bonds is 4. The minimum Gasteiger partial charge on any atom is -0.464 e. The maximum absolute atomic E-state index is 11.9. The van der Waals surface area contributed by atoms with E-state index in [9.17, 15) is 23.3 Å². The monoisotopic (exact) mass is 274 g/mol. The Labute approximate surface area is 103 Å². The van der Waals surface area contributed by atoms with Gasteiger partial charge < -0.3 is 5.11 Å². The van der Waals surface area contributed by atoms with Crippen molar-refractivity contribution < 1.29 is 23.2 Å². The van der Waals surface area contributed by atoms with Gasteiger partial charge in [0.15, 0.2) is 0 Å². The molecular weight excluding hydrogens is 264 g/mol. The van der Waals surface area contributed by atoms with Crippen molar-refractivity contribution in [3.63, 3.8) is 0 Å². The molecule has 0 spiro atoms. The molecule has 1 aromatic carbocycles. The summed E-state index contributed by atoms with van der Waals surface area (Å²) in [6.45, 7) is 1.13. The smallest absolute Gasteiger partial charge is 0.421 e. The van der Waals surface area contributed by atoms with E-state index in [0.717, 1.165) is 24.3 Å². The van der Waals surface area contributed by atoms with Crippen LogP contribution in [-0.2, 0) is 10.0 Å². The molecule has 0 aromatic heterocycles. The number of benzene rings is 1. The lowest BCUT2D eigenvalue weighted by Crippen LogP contribution is -2.35. The van der Waals surface area contributed by atoms with Gasteiger partial charge in [0.05, 0.1) is 9.82 Å². The molecule has 0 saturated heterocycles. The van der Waals surface area contributed by atoms with Crippen molar-refractivity contribution in [1.82, 2.24) is 4.31 Å². The second-order valence-electron chi connectivity index (χ2n) is 3.20. The fourth-order valence-corrected chi connectivity index (χ4v) is 2.56. The average molecular weight is 274 g/mol. The summed E-state index contributed by atoms with van der Waals surface area (Å²) in [4.78, 5) is 20.2. The molecule has 9 heteroatoms. The van der Waals surface area contributed by atoms with Crippen LogP contribution < -0.4 is 0 Å². The zero-order chi connectivity index (χ0) is 13.9. The summed E-state index contributed by atoms with van der Waals surface area (Å²) < 4.78 is 24.0. The van der Waals surface area contributed by atoms with Crippen LogP contribution in [0.1, 0.15) is 6.92 Å². The average Bonchev–Trinajstić information content (AvgIpc) is 2.29. The van der Waals surface area contributed by atoms with E-state index in [4.69, 9.17) is 5.11 Å². The van der Waals surface area contributed by atoms with Crippen molar-refractivity contribution in [2.45, 2.75) is 11.8 Å². The molecular formula is C9H10N2O6S. The minimum atomic E-state index is -4.18. The van der Waals surface area contributed by atoms with Gasteiger partial charge in [0.25, 0.3) is 15.7 Å². The van der Waals surface area contributed by atoms with E-state index < -0.39 is 21.0 Å².